The second-order valence-corrected chi connectivity index (χ2v) is 4.54. The van der Waals surface area contributed by atoms with Crippen LogP contribution in [0.4, 0.5) is 0 Å². The van der Waals surface area contributed by atoms with Crippen LogP contribution in [0.25, 0.3) is 0 Å². The van der Waals surface area contributed by atoms with Gasteiger partial charge in [0.2, 0.25) is 0 Å². The number of nitrogens with two attached hydrogens (primary N) is 1. The first-order valence-corrected chi connectivity index (χ1v) is 6.19. The van der Waals surface area contributed by atoms with E-state index in [0.717, 1.165) is 11.3 Å². The SMILES string of the molecule is CCC(O)(CC)COc1ccc(C)cc1CN. The van der Waals surface area contributed by atoms with Gasteiger partial charge in [0.05, 0.1) is 5.60 Å². The predicted molar refractivity (Wildman–Crippen MR) is 70.1 cm³/mol. The minimum Gasteiger partial charge on any atom is -0.490 e. The fourth-order valence-corrected chi connectivity index (χ4v) is 1.67. The smallest absolute Gasteiger partial charge is 0.123 e. The summed E-state index contributed by atoms with van der Waals surface area (Å²) < 4.78 is 5.70. The van der Waals surface area contributed by atoms with E-state index in [1.54, 1.807) is 0 Å². The summed E-state index contributed by atoms with van der Waals surface area (Å²) in [5.74, 6) is 0.776. The van der Waals surface area contributed by atoms with Gasteiger partial charge in [0.15, 0.2) is 0 Å². The molecule has 1 rings (SSSR count). The zero-order valence-corrected chi connectivity index (χ0v) is 11.0. The molecular formula is C14H23NO2. The molecule has 0 aliphatic carbocycles. The van der Waals surface area contributed by atoms with Crippen LogP contribution < -0.4 is 10.5 Å². The Morgan fingerprint density at radius 3 is 2.47 bits per heavy atom. The first-order valence-electron chi connectivity index (χ1n) is 6.19. The van der Waals surface area contributed by atoms with E-state index in [1.165, 1.54) is 5.56 Å². The number of ether oxygens (including phenoxy) is 1. The van der Waals surface area contributed by atoms with Crippen molar-refractivity contribution in [2.75, 3.05) is 6.61 Å². The maximum absolute atomic E-state index is 10.2. The molecule has 3 heteroatoms. The summed E-state index contributed by atoms with van der Waals surface area (Å²) >= 11 is 0. The third-order valence-corrected chi connectivity index (χ3v) is 3.25. The summed E-state index contributed by atoms with van der Waals surface area (Å²) in [6.07, 6.45) is 1.38. The van der Waals surface area contributed by atoms with Gasteiger partial charge >= 0.3 is 0 Å². The highest BCUT2D eigenvalue weighted by atomic mass is 16.5. The van der Waals surface area contributed by atoms with Crippen LogP contribution in [0.1, 0.15) is 37.8 Å². The lowest BCUT2D eigenvalue weighted by Crippen LogP contribution is -2.34. The molecule has 0 fully saturated rings. The summed E-state index contributed by atoms with van der Waals surface area (Å²) in [4.78, 5) is 0. The second kappa shape index (κ2) is 6.03. The molecule has 1 aromatic carbocycles. The minimum absolute atomic E-state index is 0.316. The van der Waals surface area contributed by atoms with E-state index < -0.39 is 5.60 Å². The predicted octanol–water partition coefficient (Wildman–Crippen LogP) is 2.38. The van der Waals surface area contributed by atoms with Gasteiger partial charge in [-0.2, -0.15) is 0 Å². The molecule has 0 heterocycles. The van der Waals surface area contributed by atoms with Crippen LogP contribution in [-0.4, -0.2) is 17.3 Å². The third kappa shape index (κ3) is 3.72. The maximum Gasteiger partial charge on any atom is 0.123 e. The Morgan fingerprint density at radius 1 is 1.29 bits per heavy atom. The Morgan fingerprint density at radius 2 is 1.94 bits per heavy atom. The van der Waals surface area contributed by atoms with Crippen molar-refractivity contribution in [3.8, 4) is 5.75 Å². The highest BCUT2D eigenvalue weighted by Crippen LogP contribution is 2.22. The Hall–Kier alpha value is -1.06. The molecule has 0 aliphatic rings. The molecule has 17 heavy (non-hydrogen) atoms. The summed E-state index contributed by atoms with van der Waals surface area (Å²) in [6, 6.07) is 5.93. The van der Waals surface area contributed by atoms with E-state index in [9.17, 15) is 5.11 Å². The van der Waals surface area contributed by atoms with Gasteiger partial charge in [0.25, 0.3) is 0 Å². The fourth-order valence-electron chi connectivity index (χ4n) is 1.67. The summed E-state index contributed by atoms with van der Waals surface area (Å²) in [7, 11) is 0. The van der Waals surface area contributed by atoms with E-state index in [1.807, 2.05) is 39.0 Å². The highest BCUT2D eigenvalue weighted by Gasteiger charge is 2.23. The standard InChI is InChI=1S/C14H23NO2/c1-4-14(16,5-2)10-17-13-7-6-11(3)8-12(13)9-15/h6-8,16H,4-5,9-10,15H2,1-3H3. The van der Waals surface area contributed by atoms with Crippen LogP contribution in [0.3, 0.4) is 0 Å². The Bertz CT molecular complexity index is 359. The van der Waals surface area contributed by atoms with Crippen molar-refractivity contribution in [2.24, 2.45) is 5.73 Å². The van der Waals surface area contributed by atoms with Crippen LogP contribution in [0.5, 0.6) is 5.75 Å². The lowest BCUT2D eigenvalue weighted by molar-refractivity contribution is -0.0115. The van der Waals surface area contributed by atoms with E-state index in [0.29, 0.717) is 26.0 Å². The van der Waals surface area contributed by atoms with E-state index in [2.05, 4.69) is 0 Å². The maximum atomic E-state index is 10.2. The van der Waals surface area contributed by atoms with Crippen molar-refractivity contribution in [3.05, 3.63) is 29.3 Å². The number of hydrogen-bond donors (Lipinski definition) is 2. The summed E-state index contributed by atoms with van der Waals surface area (Å²) in [5.41, 5.74) is 7.09. The van der Waals surface area contributed by atoms with Gasteiger partial charge in [0, 0.05) is 12.1 Å². The molecule has 0 radical (unpaired) electrons. The molecule has 0 saturated carbocycles. The van der Waals surface area contributed by atoms with Crippen molar-refractivity contribution >= 4 is 0 Å². The van der Waals surface area contributed by atoms with Crippen LogP contribution in [0, 0.1) is 6.92 Å². The van der Waals surface area contributed by atoms with Crippen LogP contribution in [-0.2, 0) is 6.54 Å². The molecule has 0 spiro atoms. The van der Waals surface area contributed by atoms with Gasteiger partial charge in [-0.3, -0.25) is 0 Å². The van der Waals surface area contributed by atoms with E-state index >= 15 is 0 Å². The number of rotatable bonds is 6. The van der Waals surface area contributed by atoms with Gasteiger partial charge in [-0.25, -0.2) is 0 Å². The molecule has 0 aliphatic heterocycles. The number of hydrogen-bond acceptors (Lipinski definition) is 3. The minimum atomic E-state index is -0.739. The molecule has 0 atom stereocenters. The number of aryl methyl sites for hydroxylation is 1. The average molecular weight is 237 g/mol. The molecule has 3 nitrogen and oxygen atoms in total. The van der Waals surface area contributed by atoms with Crippen molar-refractivity contribution in [2.45, 2.75) is 45.8 Å². The topological polar surface area (TPSA) is 55.5 Å². The van der Waals surface area contributed by atoms with Gasteiger partial charge in [0.1, 0.15) is 12.4 Å². The molecule has 0 bridgehead atoms. The molecule has 1 aromatic rings. The second-order valence-electron chi connectivity index (χ2n) is 4.54. The highest BCUT2D eigenvalue weighted by molar-refractivity contribution is 5.36. The van der Waals surface area contributed by atoms with Crippen molar-refractivity contribution in [3.63, 3.8) is 0 Å². The lowest BCUT2D eigenvalue weighted by Gasteiger charge is -2.25. The average Bonchev–Trinajstić information content (AvgIpc) is 2.36. The third-order valence-electron chi connectivity index (χ3n) is 3.25. The summed E-state index contributed by atoms with van der Waals surface area (Å²) in [6.45, 7) is 6.72. The molecular weight excluding hydrogens is 214 g/mol. The normalized spacial score (nSPS) is 11.6. The Kier molecular flexibility index (Phi) is 4.97. The number of benzene rings is 1. The Balaban J connectivity index is 2.75. The monoisotopic (exact) mass is 237 g/mol. The van der Waals surface area contributed by atoms with Gasteiger partial charge < -0.3 is 15.6 Å². The summed E-state index contributed by atoms with van der Waals surface area (Å²) in [5, 5.41) is 10.2. The number of aliphatic hydroxyl groups is 1. The molecule has 0 saturated heterocycles. The fraction of sp³-hybridized carbons (Fsp3) is 0.571. The van der Waals surface area contributed by atoms with Crippen molar-refractivity contribution in [1.29, 1.82) is 0 Å². The van der Waals surface area contributed by atoms with Gasteiger partial charge in [-0.15, -0.1) is 0 Å². The van der Waals surface area contributed by atoms with Crippen LogP contribution in [0.2, 0.25) is 0 Å². The van der Waals surface area contributed by atoms with E-state index in [-0.39, 0.29) is 0 Å². The van der Waals surface area contributed by atoms with Crippen molar-refractivity contribution in [1.82, 2.24) is 0 Å². The molecule has 96 valence electrons. The lowest BCUT2D eigenvalue weighted by atomic mass is 9.99. The molecule has 3 N–H and O–H groups in total. The van der Waals surface area contributed by atoms with Crippen molar-refractivity contribution < 1.29 is 9.84 Å². The van der Waals surface area contributed by atoms with Gasteiger partial charge in [-0.1, -0.05) is 31.5 Å². The largest absolute Gasteiger partial charge is 0.490 e. The molecule has 0 aromatic heterocycles. The first kappa shape index (κ1) is 14.0. The molecule has 0 amide bonds. The molecule has 0 unspecified atom stereocenters. The Labute approximate surface area is 104 Å². The van der Waals surface area contributed by atoms with Crippen LogP contribution in [0.15, 0.2) is 18.2 Å². The van der Waals surface area contributed by atoms with E-state index in [4.69, 9.17) is 10.5 Å². The quantitative estimate of drug-likeness (QED) is 0.798. The zero-order valence-electron chi connectivity index (χ0n) is 11.0. The first-order chi connectivity index (χ1) is 8.04. The van der Waals surface area contributed by atoms with Gasteiger partial charge in [-0.05, 0) is 25.8 Å². The zero-order chi connectivity index (χ0) is 12.9. The van der Waals surface area contributed by atoms with Crippen LogP contribution >= 0.6 is 0 Å².